The van der Waals surface area contributed by atoms with Gasteiger partial charge >= 0.3 is 34.8 Å². The number of sulfonamides is 1. The Morgan fingerprint density at radius 1 is 1.11 bits per heavy atom. The second-order valence-electron chi connectivity index (χ2n) is 12.3. The fraction of sp³-hybridized carbons (Fsp3) is 0.406. The van der Waals surface area contributed by atoms with Gasteiger partial charge in [0.1, 0.15) is 34.7 Å². The van der Waals surface area contributed by atoms with Crippen molar-refractivity contribution >= 4 is 110 Å². The van der Waals surface area contributed by atoms with Gasteiger partial charge in [0.2, 0.25) is 10.7 Å². The molecule has 0 fully saturated rings. The number of carbonyl (C=O) groups excluding carboxylic acids is 2. The number of aromatic nitrogens is 5. The molecule has 31 heteroatoms. The fourth-order valence-corrected chi connectivity index (χ4v) is 8.86. The Morgan fingerprint density at radius 3 is 2.32 bits per heavy atom. The molecule has 1 unspecified atom stereocenters. The first-order valence-electron chi connectivity index (χ1n) is 17.3. The van der Waals surface area contributed by atoms with Crippen molar-refractivity contribution in [1.82, 2.24) is 34.4 Å². The monoisotopic (exact) mass is 1020 g/mol. The lowest BCUT2D eigenvalue weighted by atomic mass is 10.3. The number of carboxylic acids is 2. The number of fused-ring (bicyclic) bond motifs is 1. The van der Waals surface area contributed by atoms with Crippen LogP contribution in [0.4, 0.5) is 20.8 Å². The van der Waals surface area contributed by atoms with E-state index in [2.05, 4.69) is 48.8 Å². The molecule has 0 saturated heterocycles. The molecular weight excluding hydrogens is 980 g/mol. The van der Waals surface area contributed by atoms with E-state index in [-0.39, 0.29) is 39.1 Å². The largest absolute Gasteiger partial charge is 0.778 e. The van der Waals surface area contributed by atoms with Crippen LogP contribution < -0.4 is 34.7 Å². The number of nitrogens with zero attached hydrogens (tertiary/aromatic N) is 6. The van der Waals surface area contributed by atoms with E-state index in [1.165, 1.54) is 32.6 Å². The number of thiophene rings is 1. The van der Waals surface area contributed by atoms with E-state index in [9.17, 15) is 46.2 Å². The van der Waals surface area contributed by atoms with Gasteiger partial charge in [-0.25, -0.2) is 36.8 Å². The summed E-state index contributed by atoms with van der Waals surface area (Å²) in [6, 6.07) is 2.50. The predicted molar refractivity (Wildman–Crippen MR) is 232 cm³/mol. The van der Waals surface area contributed by atoms with Gasteiger partial charge in [-0.05, 0) is 65.6 Å². The molecule has 0 radical (unpaired) electrons. The number of aromatic carboxylic acids is 1. The average molecular weight is 1020 g/mol. The van der Waals surface area contributed by atoms with E-state index in [0.29, 0.717) is 33.7 Å². The molecule has 0 spiro atoms. The number of methoxy groups -OCH3 is 2. The molecule has 1 aromatic carbocycles. The molecular formula is C32H42ClFN9O14PS5. The molecule has 2 amide bonds. The maximum atomic E-state index is 14.3. The zero-order valence-corrected chi connectivity index (χ0v) is 39.8. The zero-order valence-electron chi connectivity index (χ0n) is 34.0. The highest BCUT2D eigenvalue weighted by molar-refractivity contribution is 8.00. The van der Waals surface area contributed by atoms with Crippen LogP contribution in [0.15, 0.2) is 43.2 Å². The van der Waals surface area contributed by atoms with Crippen molar-refractivity contribution in [3.63, 3.8) is 0 Å². The van der Waals surface area contributed by atoms with E-state index in [0.717, 1.165) is 59.4 Å². The number of aryl methyl sites for hydroxylation is 1. The van der Waals surface area contributed by atoms with Crippen molar-refractivity contribution in [2.75, 3.05) is 56.9 Å². The summed E-state index contributed by atoms with van der Waals surface area (Å²) < 4.78 is 62.9. The van der Waals surface area contributed by atoms with Crippen molar-refractivity contribution in [3.8, 4) is 6.01 Å². The number of anilines is 1. The number of urea groups is 1. The first kappa shape index (κ1) is 54.7. The number of rotatable bonds is 13. The first-order chi connectivity index (χ1) is 29.4. The smallest absolute Gasteiger partial charge is 0.347 e. The van der Waals surface area contributed by atoms with Gasteiger partial charge in [-0.3, -0.25) is 29.7 Å². The highest BCUT2D eigenvalue weighted by Crippen LogP contribution is 2.33. The number of amides is 2. The molecule has 23 nitrogen and oxygen atoms in total. The number of aliphatic carboxylic acids is 1. The zero-order chi connectivity index (χ0) is 47.7. The molecule has 0 aliphatic carbocycles. The summed E-state index contributed by atoms with van der Waals surface area (Å²) in [5, 5.41) is 22.5. The molecule has 63 heavy (non-hydrogen) atoms. The lowest BCUT2D eigenvalue weighted by Gasteiger charge is -2.15. The van der Waals surface area contributed by atoms with Crippen LogP contribution in [0.1, 0.15) is 28.3 Å². The van der Waals surface area contributed by atoms with Gasteiger partial charge in [0.05, 0.1) is 56.6 Å². The minimum atomic E-state index is -4.37. The van der Waals surface area contributed by atoms with Crippen LogP contribution in [0.3, 0.4) is 0 Å². The summed E-state index contributed by atoms with van der Waals surface area (Å²) in [5.74, 6) is -3.49. The molecule has 4 heterocycles. The maximum absolute atomic E-state index is 14.3. The van der Waals surface area contributed by atoms with Crippen LogP contribution in [-0.4, -0.2) is 123 Å². The van der Waals surface area contributed by atoms with Crippen LogP contribution in [-0.2, 0) is 52.9 Å². The quantitative estimate of drug-likeness (QED) is 0.0482. The summed E-state index contributed by atoms with van der Waals surface area (Å²) in [6.45, 7) is 2.37. The van der Waals surface area contributed by atoms with E-state index in [4.69, 9.17) is 31.4 Å². The number of ether oxygens (including phenoxy) is 2. The minimum absolute atomic E-state index is 0.0605. The van der Waals surface area contributed by atoms with Gasteiger partial charge in [0.15, 0.2) is 0 Å². The Bertz CT molecular complexity index is 2530. The first-order valence-corrected chi connectivity index (χ1v) is 26.0. The molecule has 348 valence electrons. The molecule has 1 aliphatic rings. The molecule has 0 bridgehead atoms. The highest BCUT2D eigenvalue weighted by Gasteiger charge is 2.26. The van der Waals surface area contributed by atoms with E-state index in [1.54, 1.807) is 14.1 Å². The van der Waals surface area contributed by atoms with Crippen LogP contribution in [0, 0.1) is 12.7 Å². The van der Waals surface area contributed by atoms with E-state index < -0.39 is 70.0 Å². The molecule has 3 aromatic heterocycles. The van der Waals surface area contributed by atoms with E-state index in [1.807, 2.05) is 5.32 Å². The molecule has 1 aliphatic heterocycles. The summed E-state index contributed by atoms with van der Waals surface area (Å²) in [6.07, 6.45) is 7.77. The minimum Gasteiger partial charge on any atom is -0.778 e. The summed E-state index contributed by atoms with van der Waals surface area (Å²) in [4.78, 5) is 89.5. The number of esters is 1. The van der Waals surface area contributed by atoms with Crippen LogP contribution >= 0.6 is 53.6 Å². The van der Waals surface area contributed by atoms with Gasteiger partial charge < -0.3 is 34.0 Å². The van der Waals surface area contributed by atoms with Crippen LogP contribution in [0.5, 0.6) is 6.01 Å². The van der Waals surface area contributed by atoms with Crippen molar-refractivity contribution in [2.24, 2.45) is 4.99 Å². The number of hydrogen-bond acceptors (Lipinski definition) is 19. The number of hydrogen-bond donors (Lipinski definition) is 6. The third kappa shape index (κ3) is 19.5. The van der Waals surface area contributed by atoms with E-state index >= 15 is 0 Å². The third-order valence-corrected chi connectivity index (χ3v) is 12.1. The van der Waals surface area contributed by atoms with Gasteiger partial charge in [-0.15, -0.1) is 23.1 Å². The van der Waals surface area contributed by atoms with Gasteiger partial charge in [0, 0.05) is 18.0 Å². The lowest BCUT2D eigenvalue weighted by Crippen LogP contribution is -2.35. The number of benzene rings is 1. The Labute approximate surface area is 378 Å². The lowest BCUT2D eigenvalue weighted by molar-refractivity contribution is -0.193. The van der Waals surface area contributed by atoms with Gasteiger partial charge in [-0.2, -0.15) is 15.0 Å². The summed E-state index contributed by atoms with van der Waals surface area (Å²) in [5.41, 5.74) is 0.0829. The standard InChI is InChI=1S/C15H15ClFN3O3S2.C11H11N5O6S2.C3H8NO5P.C3H9S/c1-23-13(21)8-24-12-7-11(10(17)6-9(12)16)18-14-19-4-2-3-5-20(19)15(22)25-14;1-5-12-9(15-11(13-5)22-2)14-10(19)16-24(20,21)6-3-4-23-7(6)8(17)18;5-3(6)1-4-2-10(7,8)9;1-4(2)3/h6-7H,2-5,8H2,1H3;3-4H,1-2H3,(H,17,18)(H2,12,13,14,15,16,19);4H,1-2H2,(H,5,6)(H2,7,8,9);1-3H3/q;;;+1/p-1/b18-14-;;;. The summed E-state index contributed by atoms with van der Waals surface area (Å²) in [7, 11) is -5.47. The maximum Gasteiger partial charge on any atom is 0.347 e. The molecule has 0 saturated carbocycles. The number of nitrogens with one attached hydrogen (secondary N) is 3. The molecule has 4 aromatic rings. The van der Waals surface area contributed by atoms with Crippen molar-refractivity contribution in [1.29, 1.82) is 0 Å². The van der Waals surface area contributed by atoms with Crippen LogP contribution in [0.25, 0.3) is 0 Å². The fourth-order valence-electron chi connectivity index (χ4n) is 4.31. The normalized spacial score (nSPS) is 13.0. The van der Waals surface area contributed by atoms with Gasteiger partial charge in [0.25, 0.3) is 10.0 Å². The number of halogens is 2. The molecule has 5 rings (SSSR count). The Hall–Kier alpha value is -4.45. The number of thioether (sulfide) groups is 1. The van der Waals surface area contributed by atoms with Crippen molar-refractivity contribution < 1.29 is 66.0 Å². The van der Waals surface area contributed by atoms with Crippen molar-refractivity contribution in [3.05, 3.63) is 59.6 Å². The average Bonchev–Trinajstić information content (AvgIpc) is 3.80. The molecule has 1 atom stereocenters. The predicted octanol–water partition coefficient (Wildman–Crippen LogP) is 1.91. The van der Waals surface area contributed by atoms with Crippen LogP contribution in [0.2, 0.25) is 5.02 Å². The highest BCUT2D eigenvalue weighted by atomic mass is 35.5. The topological polar surface area (TPSA) is 336 Å². The number of carboxylic acid groups (broad SMARTS) is 2. The second-order valence-corrected chi connectivity index (χ2v) is 21.3. The Kier molecular flexibility index (Phi) is 22.3. The third-order valence-electron chi connectivity index (χ3n) is 6.74. The van der Waals surface area contributed by atoms with Crippen molar-refractivity contribution in [2.45, 2.75) is 42.6 Å². The summed E-state index contributed by atoms with van der Waals surface area (Å²) >= 11 is 8.89. The number of carbonyl (C=O) groups is 4. The Balaban J connectivity index is 0.000000335. The molecule has 6 N–H and O–H groups in total. The SMILES string of the molecule is COC(=O)CSc1cc(/N=c2\sc(=O)n3n2CCCC3)c(F)cc1Cl.COc1nc(C)nc(NC(=O)NS(=O)(=O)c2ccsc2C(=O)O)n1.C[S+](C)C.O=C(O)CNCP(=O)([O-])O. The second kappa shape index (κ2) is 25.7. The Morgan fingerprint density at radius 2 is 1.75 bits per heavy atom. The van der Waals surface area contributed by atoms with Gasteiger partial charge in [-0.1, -0.05) is 11.6 Å².